The van der Waals surface area contributed by atoms with E-state index in [-0.39, 0.29) is 17.3 Å². The fourth-order valence-electron chi connectivity index (χ4n) is 3.36. The van der Waals surface area contributed by atoms with Crippen LogP contribution in [-0.4, -0.2) is 27.4 Å². The number of non-ortho nitro benzene ring substituents is 1. The summed E-state index contributed by atoms with van der Waals surface area (Å²) >= 11 is 1.42. The van der Waals surface area contributed by atoms with Gasteiger partial charge in [0.15, 0.2) is 0 Å². The Morgan fingerprint density at radius 1 is 1.09 bits per heavy atom. The second-order valence-electron chi connectivity index (χ2n) is 7.64. The van der Waals surface area contributed by atoms with Gasteiger partial charge >= 0.3 is 0 Å². The highest BCUT2D eigenvalue weighted by Crippen LogP contribution is 2.22. The van der Waals surface area contributed by atoms with Gasteiger partial charge in [-0.15, -0.1) is 11.8 Å². The highest BCUT2D eigenvalue weighted by Gasteiger charge is 2.10. The summed E-state index contributed by atoms with van der Waals surface area (Å²) < 4.78 is 2.18. The van der Waals surface area contributed by atoms with Crippen molar-refractivity contribution in [2.24, 2.45) is 5.10 Å². The zero-order valence-corrected chi connectivity index (χ0v) is 19.4. The molecule has 7 nitrogen and oxygen atoms in total. The lowest BCUT2D eigenvalue weighted by Crippen LogP contribution is -2.19. The number of carbonyl (C=O) groups excluding carboxylic acids is 1. The molecule has 8 heteroatoms. The van der Waals surface area contributed by atoms with E-state index in [1.54, 1.807) is 18.3 Å². The van der Waals surface area contributed by atoms with Crippen LogP contribution in [0.25, 0.3) is 5.69 Å². The third kappa shape index (κ3) is 5.64. The molecule has 0 bridgehead atoms. The van der Waals surface area contributed by atoms with Crippen LogP contribution in [0.2, 0.25) is 0 Å². The van der Waals surface area contributed by atoms with Crippen molar-refractivity contribution < 1.29 is 9.72 Å². The Morgan fingerprint density at radius 2 is 1.81 bits per heavy atom. The van der Waals surface area contributed by atoms with Crippen LogP contribution >= 0.6 is 11.8 Å². The van der Waals surface area contributed by atoms with Crippen molar-refractivity contribution in [2.75, 3.05) is 5.75 Å². The van der Waals surface area contributed by atoms with Crippen LogP contribution < -0.4 is 5.43 Å². The van der Waals surface area contributed by atoms with Gasteiger partial charge in [-0.3, -0.25) is 14.9 Å². The first-order valence-electron chi connectivity index (χ1n) is 10.2. The largest absolute Gasteiger partial charge is 0.318 e. The molecule has 3 aromatic rings. The Morgan fingerprint density at radius 3 is 2.47 bits per heavy atom. The van der Waals surface area contributed by atoms with E-state index < -0.39 is 4.92 Å². The van der Waals surface area contributed by atoms with E-state index in [4.69, 9.17) is 0 Å². The molecule has 0 unspecified atom stereocenters. The van der Waals surface area contributed by atoms with Crippen LogP contribution in [-0.2, 0) is 10.5 Å². The maximum absolute atomic E-state index is 12.1. The SMILES string of the molecule is Cc1ccc(-n2c(C)cc(/C=N/NC(=O)CSCc3ccc([N+](=O)[O-])cc3)c2C)cc1C. The third-order valence-electron chi connectivity index (χ3n) is 5.26. The van der Waals surface area contributed by atoms with Gasteiger partial charge in [0.1, 0.15) is 0 Å². The zero-order chi connectivity index (χ0) is 23.3. The van der Waals surface area contributed by atoms with Crippen molar-refractivity contribution in [1.29, 1.82) is 0 Å². The lowest BCUT2D eigenvalue weighted by molar-refractivity contribution is -0.384. The number of thioether (sulfide) groups is 1. The summed E-state index contributed by atoms with van der Waals surface area (Å²) in [7, 11) is 0. The number of nitrogens with zero attached hydrogens (tertiary/aromatic N) is 3. The summed E-state index contributed by atoms with van der Waals surface area (Å²) in [6, 6.07) is 14.8. The van der Waals surface area contributed by atoms with Crippen molar-refractivity contribution in [1.82, 2.24) is 9.99 Å². The monoisotopic (exact) mass is 450 g/mol. The Kier molecular flexibility index (Phi) is 7.48. The number of hydrogen-bond donors (Lipinski definition) is 1. The summed E-state index contributed by atoms with van der Waals surface area (Å²) in [4.78, 5) is 22.3. The number of nitro benzene ring substituents is 1. The molecule has 0 spiro atoms. The fraction of sp³-hybridized carbons (Fsp3) is 0.250. The molecular formula is C24H26N4O3S. The van der Waals surface area contributed by atoms with E-state index in [9.17, 15) is 14.9 Å². The minimum Gasteiger partial charge on any atom is -0.318 e. The number of nitro groups is 1. The normalized spacial score (nSPS) is 11.1. The van der Waals surface area contributed by atoms with Crippen LogP contribution in [0.1, 0.15) is 33.6 Å². The number of benzene rings is 2. The third-order valence-corrected chi connectivity index (χ3v) is 6.26. The zero-order valence-electron chi connectivity index (χ0n) is 18.6. The van der Waals surface area contributed by atoms with E-state index in [1.165, 1.54) is 35.0 Å². The number of nitrogens with one attached hydrogen (secondary N) is 1. The van der Waals surface area contributed by atoms with Crippen molar-refractivity contribution in [2.45, 2.75) is 33.4 Å². The van der Waals surface area contributed by atoms with Crippen LogP contribution in [0.15, 0.2) is 53.6 Å². The second kappa shape index (κ2) is 10.3. The Labute approximate surface area is 191 Å². The molecule has 1 amide bonds. The van der Waals surface area contributed by atoms with Crippen LogP contribution in [0.4, 0.5) is 5.69 Å². The molecule has 3 rings (SSSR count). The topological polar surface area (TPSA) is 89.5 Å². The molecule has 166 valence electrons. The highest BCUT2D eigenvalue weighted by molar-refractivity contribution is 7.99. The van der Waals surface area contributed by atoms with E-state index in [1.807, 2.05) is 19.9 Å². The summed E-state index contributed by atoms with van der Waals surface area (Å²) in [5, 5.41) is 14.8. The quantitative estimate of drug-likeness (QED) is 0.297. The molecule has 2 aromatic carbocycles. The van der Waals surface area contributed by atoms with Crippen molar-refractivity contribution in [3.05, 3.63) is 92.3 Å². The van der Waals surface area contributed by atoms with Crippen LogP contribution in [0, 0.1) is 37.8 Å². The number of aromatic nitrogens is 1. The average molecular weight is 451 g/mol. The van der Waals surface area contributed by atoms with Gasteiger partial charge in [-0.1, -0.05) is 18.2 Å². The van der Waals surface area contributed by atoms with E-state index in [0.717, 1.165) is 28.2 Å². The number of amides is 1. The molecule has 0 aliphatic rings. The smallest absolute Gasteiger partial charge is 0.269 e. The van der Waals surface area contributed by atoms with Gasteiger partial charge in [0.25, 0.3) is 5.69 Å². The number of rotatable bonds is 8. The summed E-state index contributed by atoms with van der Waals surface area (Å²) in [6.45, 7) is 8.28. The van der Waals surface area contributed by atoms with Gasteiger partial charge in [-0.2, -0.15) is 5.10 Å². The molecule has 1 aromatic heterocycles. The predicted molar refractivity (Wildman–Crippen MR) is 130 cm³/mol. The molecule has 1 N–H and O–H groups in total. The average Bonchev–Trinajstić information content (AvgIpc) is 3.03. The molecule has 0 saturated carbocycles. The van der Waals surface area contributed by atoms with E-state index >= 15 is 0 Å². The first-order chi connectivity index (χ1) is 15.3. The van der Waals surface area contributed by atoms with Gasteiger partial charge in [0.05, 0.1) is 16.9 Å². The Balaban J connectivity index is 1.54. The van der Waals surface area contributed by atoms with E-state index in [0.29, 0.717) is 5.75 Å². The highest BCUT2D eigenvalue weighted by atomic mass is 32.2. The number of carbonyl (C=O) groups is 1. The minimum absolute atomic E-state index is 0.0581. The van der Waals surface area contributed by atoms with Gasteiger partial charge in [0, 0.05) is 40.5 Å². The molecule has 0 fully saturated rings. The Bertz CT molecular complexity index is 1170. The van der Waals surface area contributed by atoms with E-state index in [2.05, 4.69) is 47.1 Å². The first kappa shape index (κ1) is 23.3. The van der Waals surface area contributed by atoms with Crippen molar-refractivity contribution in [3.8, 4) is 5.69 Å². The molecule has 32 heavy (non-hydrogen) atoms. The summed E-state index contributed by atoms with van der Waals surface area (Å²) in [5.41, 5.74) is 10.2. The maximum Gasteiger partial charge on any atom is 0.269 e. The van der Waals surface area contributed by atoms with Crippen molar-refractivity contribution >= 4 is 29.6 Å². The molecule has 0 radical (unpaired) electrons. The molecule has 0 saturated heterocycles. The second-order valence-corrected chi connectivity index (χ2v) is 8.63. The standard InChI is InChI=1S/C24H26N4O3S/c1-16-5-8-23(11-17(16)2)27-18(3)12-21(19(27)4)13-25-26-24(29)15-32-14-20-6-9-22(10-7-20)28(30)31/h5-13H,14-15H2,1-4H3,(H,26,29)/b25-13+. The molecule has 0 aliphatic heterocycles. The van der Waals surface area contributed by atoms with Crippen LogP contribution in [0.3, 0.4) is 0 Å². The molecular weight excluding hydrogens is 424 g/mol. The predicted octanol–water partition coefficient (Wildman–Crippen LogP) is 5.00. The lowest BCUT2D eigenvalue weighted by Gasteiger charge is -2.11. The first-order valence-corrected chi connectivity index (χ1v) is 11.3. The number of aryl methyl sites for hydroxylation is 3. The lowest BCUT2D eigenvalue weighted by atomic mass is 10.1. The summed E-state index contributed by atoms with van der Waals surface area (Å²) in [6.07, 6.45) is 1.67. The number of hydrazone groups is 1. The molecule has 0 atom stereocenters. The van der Waals surface area contributed by atoms with Crippen LogP contribution in [0.5, 0.6) is 0 Å². The molecule has 1 heterocycles. The maximum atomic E-state index is 12.1. The van der Waals surface area contributed by atoms with Gasteiger partial charge in [-0.05, 0) is 62.6 Å². The fourth-order valence-corrected chi connectivity index (χ4v) is 4.14. The van der Waals surface area contributed by atoms with Gasteiger partial charge in [-0.25, -0.2) is 5.43 Å². The molecule has 0 aliphatic carbocycles. The minimum atomic E-state index is -0.429. The van der Waals surface area contributed by atoms with Gasteiger partial charge in [0.2, 0.25) is 5.91 Å². The van der Waals surface area contributed by atoms with Gasteiger partial charge < -0.3 is 4.57 Å². The van der Waals surface area contributed by atoms with Crippen molar-refractivity contribution in [3.63, 3.8) is 0 Å². The Hall–Kier alpha value is -3.39. The number of hydrogen-bond acceptors (Lipinski definition) is 5. The summed E-state index contributed by atoms with van der Waals surface area (Å²) in [5.74, 6) is 0.638.